The lowest BCUT2D eigenvalue weighted by atomic mass is 10.1. The van der Waals surface area contributed by atoms with Crippen molar-refractivity contribution in [2.24, 2.45) is 0 Å². The van der Waals surface area contributed by atoms with Crippen molar-refractivity contribution >= 4 is 22.6 Å². The number of hydrogen-bond donors (Lipinski definition) is 2. The second-order valence-corrected chi connectivity index (χ2v) is 7.81. The van der Waals surface area contributed by atoms with Crippen molar-refractivity contribution in [3.05, 3.63) is 48.7 Å². The van der Waals surface area contributed by atoms with Crippen molar-refractivity contribution in [3.63, 3.8) is 0 Å². The molecular weight excluding hydrogens is 418 g/mol. The molecule has 0 fully saturated rings. The Balaban J connectivity index is 1.55. The van der Waals surface area contributed by atoms with Crippen LogP contribution >= 0.6 is 0 Å². The zero-order valence-corrected chi connectivity index (χ0v) is 19.6. The van der Waals surface area contributed by atoms with Crippen LogP contribution in [0.1, 0.15) is 45.4 Å². The standard InChI is InChI=1S/C26H33N3O4/c1-4-5-6-7-8-9-15-28-26(30)29-19-10-12-20(13-11-19)33-23-14-16-27-22-18-25(32-3)24(31-2)17-21(22)23/h10-14,16-18H,4-9,15H2,1-3H3,(H2,28,29,30). The van der Waals surface area contributed by atoms with Crippen molar-refractivity contribution < 1.29 is 19.0 Å². The monoisotopic (exact) mass is 451 g/mol. The number of rotatable bonds is 12. The van der Waals surface area contributed by atoms with Gasteiger partial charge in [0.25, 0.3) is 0 Å². The molecule has 0 saturated carbocycles. The number of urea groups is 1. The van der Waals surface area contributed by atoms with E-state index in [4.69, 9.17) is 14.2 Å². The van der Waals surface area contributed by atoms with Crippen LogP contribution in [0.25, 0.3) is 10.9 Å². The number of unbranched alkanes of at least 4 members (excludes halogenated alkanes) is 5. The van der Waals surface area contributed by atoms with E-state index in [0.717, 1.165) is 23.7 Å². The van der Waals surface area contributed by atoms with E-state index in [0.29, 0.717) is 35.2 Å². The number of carbonyl (C=O) groups excluding carboxylic acids is 1. The molecule has 1 heterocycles. The van der Waals surface area contributed by atoms with E-state index in [1.807, 2.05) is 36.4 Å². The molecule has 0 radical (unpaired) electrons. The quantitative estimate of drug-likeness (QED) is 0.306. The number of hydrogen-bond acceptors (Lipinski definition) is 5. The van der Waals surface area contributed by atoms with E-state index in [2.05, 4.69) is 22.5 Å². The van der Waals surface area contributed by atoms with E-state index < -0.39 is 0 Å². The lowest BCUT2D eigenvalue weighted by Crippen LogP contribution is -2.29. The highest BCUT2D eigenvalue weighted by molar-refractivity contribution is 5.89. The fourth-order valence-corrected chi connectivity index (χ4v) is 3.55. The van der Waals surface area contributed by atoms with E-state index in [1.54, 1.807) is 26.5 Å². The average Bonchev–Trinajstić information content (AvgIpc) is 2.84. The molecule has 0 saturated heterocycles. The van der Waals surface area contributed by atoms with Gasteiger partial charge in [0.2, 0.25) is 0 Å². The van der Waals surface area contributed by atoms with Gasteiger partial charge in [-0.2, -0.15) is 0 Å². The molecule has 33 heavy (non-hydrogen) atoms. The van der Waals surface area contributed by atoms with Crippen LogP contribution in [0.3, 0.4) is 0 Å². The SMILES string of the molecule is CCCCCCCCNC(=O)Nc1ccc(Oc2ccnc3cc(OC)c(OC)cc23)cc1. The Hall–Kier alpha value is -3.48. The smallest absolute Gasteiger partial charge is 0.319 e. The van der Waals surface area contributed by atoms with Crippen LogP contribution in [0.4, 0.5) is 10.5 Å². The number of ether oxygens (including phenoxy) is 3. The topological polar surface area (TPSA) is 81.7 Å². The van der Waals surface area contributed by atoms with Crippen LogP contribution in [-0.4, -0.2) is 31.8 Å². The Kier molecular flexibility index (Phi) is 9.18. The first kappa shape index (κ1) is 24.2. The number of methoxy groups -OCH3 is 2. The first-order valence-electron chi connectivity index (χ1n) is 11.5. The summed E-state index contributed by atoms with van der Waals surface area (Å²) in [5.74, 6) is 2.52. The molecular formula is C26H33N3O4. The van der Waals surface area contributed by atoms with Crippen LogP contribution in [0.5, 0.6) is 23.0 Å². The lowest BCUT2D eigenvalue weighted by molar-refractivity contribution is 0.252. The van der Waals surface area contributed by atoms with Gasteiger partial charge in [0.1, 0.15) is 11.5 Å². The van der Waals surface area contributed by atoms with Crippen LogP contribution in [0.15, 0.2) is 48.7 Å². The molecule has 0 aliphatic rings. The van der Waals surface area contributed by atoms with Crippen molar-refractivity contribution in [1.29, 1.82) is 0 Å². The minimum absolute atomic E-state index is 0.196. The molecule has 2 N–H and O–H groups in total. The second kappa shape index (κ2) is 12.5. The summed E-state index contributed by atoms with van der Waals surface area (Å²) >= 11 is 0. The average molecular weight is 452 g/mol. The number of pyridine rings is 1. The molecule has 1 aromatic heterocycles. The summed E-state index contributed by atoms with van der Waals surface area (Å²) < 4.78 is 16.8. The fraction of sp³-hybridized carbons (Fsp3) is 0.385. The van der Waals surface area contributed by atoms with E-state index in [9.17, 15) is 4.79 Å². The summed E-state index contributed by atoms with van der Waals surface area (Å²) in [6, 6.07) is 12.5. The summed E-state index contributed by atoms with van der Waals surface area (Å²) in [4.78, 5) is 16.5. The Morgan fingerprint density at radius 2 is 1.58 bits per heavy atom. The maximum absolute atomic E-state index is 12.1. The first-order chi connectivity index (χ1) is 16.1. The fourth-order valence-electron chi connectivity index (χ4n) is 3.55. The van der Waals surface area contributed by atoms with Gasteiger partial charge in [0.05, 0.1) is 19.7 Å². The molecule has 0 spiro atoms. The van der Waals surface area contributed by atoms with Crippen molar-refractivity contribution in [2.75, 3.05) is 26.1 Å². The number of amides is 2. The van der Waals surface area contributed by atoms with Crippen LogP contribution < -0.4 is 24.8 Å². The number of nitrogens with one attached hydrogen (secondary N) is 2. The largest absolute Gasteiger partial charge is 0.493 e. The minimum atomic E-state index is -0.196. The van der Waals surface area contributed by atoms with Crippen molar-refractivity contribution in [3.8, 4) is 23.0 Å². The summed E-state index contributed by atoms with van der Waals surface area (Å²) in [5, 5.41) is 6.57. The van der Waals surface area contributed by atoms with Gasteiger partial charge in [-0.1, -0.05) is 39.0 Å². The van der Waals surface area contributed by atoms with Gasteiger partial charge in [0, 0.05) is 29.9 Å². The predicted molar refractivity (Wildman–Crippen MR) is 132 cm³/mol. The summed E-state index contributed by atoms with van der Waals surface area (Å²) in [5.41, 5.74) is 1.44. The van der Waals surface area contributed by atoms with Crippen LogP contribution in [0, 0.1) is 0 Å². The molecule has 7 heteroatoms. The summed E-state index contributed by atoms with van der Waals surface area (Å²) in [6.45, 7) is 2.89. The van der Waals surface area contributed by atoms with E-state index in [-0.39, 0.29) is 6.03 Å². The van der Waals surface area contributed by atoms with Gasteiger partial charge in [-0.05, 0) is 42.8 Å². The van der Waals surface area contributed by atoms with Crippen LogP contribution in [-0.2, 0) is 0 Å². The molecule has 0 aliphatic heterocycles. The maximum Gasteiger partial charge on any atom is 0.319 e. The second-order valence-electron chi connectivity index (χ2n) is 7.81. The van der Waals surface area contributed by atoms with Crippen LogP contribution in [0.2, 0.25) is 0 Å². The number of aromatic nitrogens is 1. The van der Waals surface area contributed by atoms with Crippen molar-refractivity contribution in [2.45, 2.75) is 45.4 Å². The highest BCUT2D eigenvalue weighted by Crippen LogP contribution is 2.36. The minimum Gasteiger partial charge on any atom is -0.493 e. The van der Waals surface area contributed by atoms with Gasteiger partial charge in [-0.15, -0.1) is 0 Å². The highest BCUT2D eigenvalue weighted by Gasteiger charge is 2.11. The zero-order valence-electron chi connectivity index (χ0n) is 19.6. The molecule has 0 atom stereocenters. The molecule has 3 rings (SSSR count). The van der Waals surface area contributed by atoms with Gasteiger partial charge >= 0.3 is 6.03 Å². The predicted octanol–water partition coefficient (Wildman–Crippen LogP) is 6.53. The van der Waals surface area contributed by atoms with Gasteiger partial charge in [-0.25, -0.2) is 4.79 Å². The molecule has 7 nitrogen and oxygen atoms in total. The number of nitrogens with zero attached hydrogens (tertiary/aromatic N) is 1. The number of benzene rings is 2. The van der Waals surface area contributed by atoms with Crippen molar-refractivity contribution in [1.82, 2.24) is 10.3 Å². The molecule has 0 aliphatic carbocycles. The molecule has 3 aromatic rings. The molecule has 0 unspecified atom stereocenters. The van der Waals surface area contributed by atoms with Gasteiger partial charge in [-0.3, -0.25) is 4.98 Å². The Morgan fingerprint density at radius 1 is 0.879 bits per heavy atom. The number of anilines is 1. The third kappa shape index (κ3) is 7.00. The third-order valence-corrected chi connectivity index (χ3v) is 5.36. The third-order valence-electron chi connectivity index (χ3n) is 5.36. The molecule has 0 bridgehead atoms. The Bertz CT molecular complexity index is 1040. The lowest BCUT2D eigenvalue weighted by Gasteiger charge is -2.13. The highest BCUT2D eigenvalue weighted by atomic mass is 16.5. The number of fused-ring (bicyclic) bond motifs is 1. The summed E-state index contributed by atoms with van der Waals surface area (Å²) in [7, 11) is 3.19. The Morgan fingerprint density at radius 3 is 2.30 bits per heavy atom. The number of carbonyl (C=O) groups is 1. The Labute approximate surface area is 195 Å². The first-order valence-corrected chi connectivity index (χ1v) is 11.5. The zero-order chi connectivity index (χ0) is 23.5. The molecule has 2 amide bonds. The maximum atomic E-state index is 12.1. The van der Waals surface area contributed by atoms with E-state index in [1.165, 1.54) is 25.7 Å². The van der Waals surface area contributed by atoms with Gasteiger partial charge in [0.15, 0.2) is 11.5 Å². The summed E-state index contributed by atoms with van der Waals surface area (Å²) in [6.07, 6.45) is 8.87. The molecule has 176 valence electrons. The normalized spacial score (nSPS) is 10.6. The van der Waals surface area contributed by atoms with Gasteiger partial charge < -0.3 is 24.8 Å². The van der Waals surface area contributed by atoms with E-state index >= 15 is 0 Å². The molecule has 2 aromatic carbocycles.